The average Bonchev–Trinajstić information content (AvgIpc) is 2.72. The Hall–Kier alpha value is -2.44. The van der Waals surface area contributed by atoms with E-state index in [0.29, 0.717) is 19.5 Å². The van der Waals surface area contributed by atoms with E-state index in [1.807, 2.05) is 60.7 Å². The monoisotopic (exact) mass is 384 g/mol. The van der Waals surface area contributed by atoms with E-state index >= 15 is 0 Å². The van der Waals surface area contributed by atoms with Crippen molar-refractivity contribution < 1.29 is 13.2 Å². The molecule has 142 valence electrons. The Morgan fingerprint density at radius 3 is 2.41 bits per heavy atom. The standard InChI is InChI=1S/C21H24N2O3S/c24-21(22-17-19-11-5-2-6-12-19)20-13-7-8-15-23(20)27(25,26)16-14-18-9-3-1-4-10-18/h1-6,9-12,14,16,20H,7-8,13,15,17H2,(H,22,24)/b16-14+/t20-/m0/s1. The largest absolute Gasteiger partial charge is 0.351 e. The molecule has 1 aliphatic rings. The van der Waals surface area contributed by atoms with Gasteiger partial charge in [0.1, 0.15) is 6.04 Å². The average molecular weight is 385 g/mol. The Kier molecular flexibility index (Phi) is 6.42. The van der Waals surface area contributed by atoms with Crippen LogP contribution in [0.15, 0.2) is 66.1 Å². The van der Waals surface area contributed by atoms with E-state index in [1.165, 1.54) is 9.71 Å². The van der Waals surface area contributed by atoms with Crippen LogP contribution < -0.4 is 5.32 Å². The van der Waals surface area contributed by atoms with E-state index in [0.717, 1.165) is 24.0 Å². The highest BCUT2D eigenvalue weighted by Gasteiger charge is 2.35. The highest BCUT2D eigenvalue weighted by Crippen LogP contribution is 2.22. The lowest BCUT2D eigenvalue weighted by Gasteiger charge is -2.32. The van der Waals surface area contributed by atoms with Gasteiger partial charge >= 0.3 is 0 Å². The molecule has 1 atom stereocenters. The molecule has 0 aliphatic carbocycles. The van der Waals surface area contributed by atoms with Gasteiger partial charge in [-0.15, -0.1) is 0 Å². The maximum atomic E-state index is 12.8. The molecule has 1 amide bonds. The van der Waals surface area contributed by atoms with Crippen LogP contribution in [0.5, 0.6) is 0 Å². The molecular formula is C21H24N2O3S. The number of piperidine rings is 1. The van der Waals surface area contributed by atoms with E-state index in [-0.39, 0.29) is 5.91 Å². The third-order valence-electron chi connectivity index (χ3n) is 4.62. The first-order valence-electron chi connectivity index (χ1n) is 9.13. The number of carbonyl (C=O) groups excluding carboxylic acids is 1. The molecule has 2 aromatic carbocycles. The fraction of sp³-hybridized carbons (Fsp3) is 0.286. The molecule has 5 nitrogen and oxygen atoms in total. The van der Waals surface area contributed by atoms with Crippen LogP contribution in [0.3, 0.4) is 0 Å². The number of hydrogen-bond donors (Lipinski definition) is 1. The number of nitrogens with one attached hydrogen (secondary N) is 1. The highest BCUT2D eigenvalue weighted by atomic mass is 32.2. The van der Waals surface area contributed by atoms with Gasteiger partial charge in [-0.1, -0.05) is 67.1 Å². The van der Waals surface area contributed by atoms with E-state index in [9.17, 15) is 13.2 Å². The molecule has 6 heteroatoms. The van der Waals surface area contributed by atoms with Gasteiger partial charge in [-0.2, -0.15) is 4.31 Å². The molecule has 0 unspecified atom stereocenters. The second-order valence-electron chi connectivity index (χ2n) is 6.58. The number of nitrogens with zero attached hydrogens (tertiary/aromatic N) is 1. The van der Waals surface area contributed by atoms with E-state index in [1.54, 1.807) is 6.08 Å². The SMILES string of the molecule is O=C(NCc1ccccc1)[C@@H]1CCCCN1S(=O)(=O)/C=C/c1ccccc1. The lowest BCUT2D eigenvalue weighted by molar-refractivity contribution is -0.125. The molecule has 1 heterocycles. The fourth-order valence-corrected chi connectivity index (χ4v) is 4.61. The fourth-order valence-electron chi connectivity index (χ4n) is 3.18. The van der Waals surface area contributed by atoms with Crippen LogP contribution in [0.1, 0.15) is 30.4 Å². The molecule has 0 spiro atoms. The topological polar surface area (TPSA) is 66.5 Å². The van der Waals surface area contributed by atoms with E-state index in [2.05, 4.69) is 5.32 Å². The predicted molar refractivity (Wildman–Crippen MR) is 107 cm³/mol. The summed E-state index contributed by atoms with van der Waals surface area (Å²) in [4.78, 5) is 12.7. The summed E-state index contributed by atoms with van der Waals surface area (Å²) < 4.78 is 26.9. The third kappa shape index (κ3) is 5.28. The Morgan fingerprint density at radius 1 is 1.04 bits per heavy atom. The first-order chi connectivity index (χ1) is 13.1. The molecular weight excluding hydrogens is 360 g/mol. The van der Waals surface area contributed by atoms with Crippen molar-refractivity contribution in [1.29, 1.82) is 0 Å². The summed E-state index contributed by atoms with van der Waals surface area (Å²) in [5.74, 6) is -0.241. The van der Waals surface area contributed by atoms with Crippen molar-refractivity contribution in [3.63, 3.8) is 0 Å². The summed E-state index contributed by atoms with van der Waals surface area (Å²) in [7, 11) is -3.67. The number of carbonyl (C=O) groups is 1. The summed E-state index contributed by atoms with van der Waals surface area (Å²) in [6, 6.07) is 18.2. The third-order valence-corrected chi connectivity index (χ3v) is 6.20. The van der Waals surface area contributed by atoms with Gasteiger partial charge in [-0.25, -0.2) is 8.42 Å². The summed E-state index contributed by atoms with van der Waals surface area (Å²) in [5, 5.41) is 4.07. The van der Waals surface area contributed by atoms with Crippen LogP contribution in [-0.4, -0.2) is 31.2 Å². The number of amides is 1. The van der Waals surface area contributed by atoms with Crippen molar-refractivity contribution in [2.75, 3.05) is 6.54 Å². The van der Waals surface area contributed by atoms with Crippen LogP contribution in [0, 0.1) is 0 Å². The molecule has 0 bridgehead atoms. The number of benzene rings is 2. The van der Waals surface area contributed by atoms with Gasteiger partial charge in [0, 0.05) is 18.5 Å². The van der Waals surface area contributed by atoms with Crippen molar-refractivity contribution >= 4 is 22.0 Å². The first kappa shape index (κ1) is 19.3. The van der Waals surface area contributed by atoms with Crippen LogP contribution in [0.2, 0.25) is 0 Å². The summed E-state index contributed by atoms with van der Waals surface area (Å²) in [5.41, 5.74) is 1.79. The minimum Gasteiger partial charge on any atom is -0.351 e. The molecule has 1 fully saturated rings. The minimum atomic E-state index is -3.67. The van der Waals surface area contributed by atoms with Crippen molar-refractivity contribution in [2.45, 2.75) is 31.8 Å². The van der Waals surface area contributed by atoms with E-state index < -0.39 is 16.1 Å². The molecule has 2 aromatic rings. The molecule has 0 saturated carbocycles. The Labute approximate surface area is 160 Å². The van der Waals surface area contributed by atoms with Gasteiger partial charge in [0.25, 0.3) is 0 Å². The molecule has 1 aliphatic heterocycles. The molecule has 3 rings (SSSR count). The zero-order valence-electron chi connectivity index (χ0n) is 15.1. The lowest BCUT2D eigenvalue weighted by Crippen LogP contribution is -2.51. The molecule has 1 saturated heterocycles. The number of rotatable bonds is 6. The molecule has 27 heavy (non-hydrogen) atoms. The van der Waals surface area contributed by atoms with Gasteiger partial charge in [-0.05, 0) is 30.0 Å². The van der Waals surface area contributed by atoms with Crippen molar-refractivity contribution in [1.82, 2.24) is 9.62 Å². The number of hydrogen-bond acceptors (Lipinski definition) is 3. The van der Waals surface area contributed by atoms with Crippen molar-refractivity contribution in [2.24, 2.45) is 0 Å². The smallest absolute Gasteiger partial charge is 0.238 e. The normalized spacial score (nSPS) is 18.4. The zero-order valence-corrected chi connectivity index (χ0v) is 15.9. The van der Waals surface area contributed by atoms with Crippen LogP contribution in [0.4, 0.5) is 0 Å². The second kappa shape index (κ2) is 8.97. The Bertz CT molecular complexity index is 880. The Morgan fingerprint density at radius 2 is 1.70 bits per heavy atom. The highest BCUT2D eigenvalue weighted by molar-refractivity contribution is 7.92. The first-order valence-corrected chi connectivity index (χ1v) is 10.6. The second-order valence-corrected chi connectivity index (χ2v) is 8.36. The predicted octanol–water partition coefficient (Wildman–Crippen LogP) is 3.16. The molecule has 1 N–H and O–H groups in total. The summed E-state index contributed by atoms with van der Waals surface area (Å²) >= 11 is 0. The van der Waals surface area contributed by atoms with Crippen LogP contribution in [0.25, 0.3) is 6.08 Å². The minimum absolute atomic E-state index is 0.241. The molecule has 0 aromatic heterocycles. The zero-order chi connectivity index (χ0) is 19.1. The molecule has 0 radical (unpaired) electrons. The quantitative estimate of drug-likeness (QED) is 0.832. The maximum Gasteiger partial charge on any atom is 0.238 e. The van der Waals surface area contributed by atoms with Gasteiger partial charge in [-0.3, -0.25) is 4.79 Å². The maximum absolute atomic E-state index is 12.8. The van der Waals surface area contributed by atoms with Crippen LogP contribution >= 0.6 is 0 Å². The number of sulfonamides is 1. The summed E-state index contributed by atoms with van der Waals surface area (Å²) in [6.07, 6.45) is 3.72. The Balaban J connectivity index is 1.70. The van der Waals surface area contributed by atoms with Gasteiger partial charge in [0.2, 0.25) is 15.9 Å². The van der Waals surface area contributed by atoms with Gasteiger partial charge < -0.3 is 5.32 Å². The van der Waals surface area contributed by atoms with Crippen molar-refractivity contribution in [3.05, 3.63) is 77.2 Å². The van der Waals surface area contributed by atoms with Crippen molar-refractivity contribution in [3.8, 4) is 0 Å². The summed E-state index contributed by atoms with van der Waals surface area (Å²) in [6.45, 7) is 0.759. The van der Waals surface area contributed by atoms with Gasteiger partial charge in [0.15, 0.2) is 0 Å². The van der Waals surface area contributed by atoms with Crippen LogP contribution in [-0.2, 0) is 21.4 Å². The lowest BCUT2D eigenvalue weighted by atomic mass is 10.0. The van der Waals surface area contributed by atoms with Gasteiger partial charge in [0.05, 0.1) is 0 Å². The van der Waals surface area contributed by atoms with E-state index in [4.69, 9.17) is 0 Å².